The number of hydrogen-bond acceptors (Lipinski definition) is 5. The first-order valence-corrected chi connectivity index (χ1v) is 10.8. The fourth-order valence-electron chi connectivity index (χ4n) is 4.04. The van der Waals surface area contributed by atoms with Gasteiger partial charge in [-0.25, -0.2) is 4.68 Å². The fourth-order valence-corrected chi connectivity index (χ4v) is 4.04. The quantitative estimate of drug-likeness (QED) is 0.531. The molecule has 0 unspecified atom stereocenters. The van der Waals surface area contributed by atoms with Crippen LogP contribution in [0.1, 0.15) is 37.6 Å². The van der Waals surface area contributed by atoms with Crippen LogP contribution in [0.5, 0.6) is 17.2 Å². The lowest BCUT2D eigenvalue weighted by Gasteiger charge is -2.24. The lowest BCUT2D eigenvalue weighted by molar-refractivity contribution is -0.126. The van der Waals surface area contributed by atoms with Crippen LogP contribution in [0.15, 0.2) is 42.7 Å². The maximum atomic E-state index is 13.0. The SMILES string of the molecule is COc1cc(/C=C/C(=O)N2Cc3nn(C(C)(C)C)c(-n4cccc4)c3C2)cc(OC)c1OC. The number of methoxy groups -OCH3 is 3. The normalized spacial score (nSPS) is 13.5. The van der Waals surface area contributed by atoms with E-state index in [0.717, 1.165) is 22.6 Å². The Morgan fingerprint density at radius 2 is 1.64 bits per heavy atom. The zero-order chi connectivity index (χ0) is 23.8. The summed E-state index contributed by atoms with van der Waals surface area (Å²) in [6.45, 7) is 7.38. The largest absolute Gasteiger partial charge is 0.493 e. The molecule has 0 saturated heterocycles. The van der Waals surface area contributed by atoms with Gasteiger partial charge < -0.3 is 23.7 Å². The average molecular weight is 451 g/mol. The monoisotopic (exact) mass is 450 g/mol. The molecule has 33 heavy (non-hydrogen) atoms. The molecule has 8 nitrogen and oxygen atoms in total. The first kappa shape index (κ1) is 22.5. The van der Waals surface area contributed by atoms with E-state index >= 15 is 0 Å². The van der Waals surface area contributed by atoms with Gasteiger partial charge in [-0.3, -0.25) is 4.79 Å². The zero-order valence-electron chi connectivity index (χ0n) is 20.0. The minimum Gasteiger partial charge on any atom is -0.493 e. The average Bonchev–Trinajstić information content (AvgIpc) is 3.51. The molecule has 3 heterocycles. The van der Waals surface area contributed by atoms with E-state index in [2.05, 4.69) is 25.3 Å². The summed E-state index contributed by atoms with van der Waals surface area (Å²) in [6, 6.07) is 7.60. The van der Waals surface area contributed by atoms with Crippen molar-refractivity contribution in [3.63, 3.8) is 0 Å². The Kier molecular flexibility index (Phi) is 5.93. The van der Waals surface area contributed by atoms with E-state index in [0.29, 0.717) is 30.3 Å². The predicted molar refractivity (Wildman–Crippen MR) is 126 cm³/mol. The molecule has 0 bridgehead atoms. The van der Waals surface area contributed by atoms with Crippen LogP contribution in [-0.4, -0.2) is 46.5 Å². The van der Waals surface area contributed by atoms with Crippen molar-refractivity contribution < 1.29 is 19.0 Å². The Labute approximate surface area is 194 Å². The van der Waals surface area contributed by atoms with Gasteiger partial charge in [0, 0.05) is 24.0 Å². The van der Waals surface area contributed by atoms with Gasteiger partial charge in [-0.15, -0.1) is 0 Å². The summed E-state index contributed by atoms with van der Waals surface area (Å²) in [7, 11) is 4.69. The van der Waals surface area contributed by atoms with Crippen LogP contribution in [-0.2, 0) is 23.4 Å². The molecular formula is C25H30N4O4. The Hall–Kier alpha value is -3.68. The molecule has 1 aliphatic rings. The number of ether oxygens (including phenoxy) is 3. The third-order valence-corrected chi connectivity index (χ3v) is 5.63. The van der Waals surface area contributed by atoms with Gasteiger partial charge in [-0.1, -0.05) is 0 Å². The zero-order valence-corrected chi connectivity index (χ0v) is 20.0. The maximum Gasteiger partial charge on any atom is 0.247 e. The van der Waals surface area contributed by atoms with Crippen LogP contribution < -0.4 is 14.2 Å². The fraction of sp³-hybridized carbons (Fsp3) is 0.360. The van der Waals surface area contributed by atoms with Gasteiger partial charge in [0.15, 0.2) is 11.5 Å². The summed E-state index contributed by atoms with van der Waals surface area (Å²) in [4.78, 5) is 14.8. The van der Waals surface area contributed by atoms with Gasteiger partial charge >= 0.3 is 0 Å². The number of benzene rings is 1. The highest BCUT2D eigenvalue weighted by Gasteiger charge is 2.33. The molecule has 0 saturated carbocycles. The summed E-state index contributed by atoms with van der Waals surface area (Å²) in [5.74, 6) is 2.52. The second kappa shape index (κ2) is 8.69. The highest BCUT2D eigenvalue weighted by atomic mass is 16.5. The van der Waals surface area contributed by atoms with Crippen LogP contribution in [0, 0.1) is 0 Å². The molecule has 0 fully saturated rings. The van der Waals surface area contributed by atoms with Gasteiger partial charge in [0.25, 0.3) is 0 Å². The second-order valence-electron chi connectivity index (χ2n) is 8.91. The number of amides is 1. The Bertz CT molecular complexity index is 1160. The van der Waals surface area contributed by atoms with Gasteiger partial charge in [-0.2, -0.15) is 5.10 Å². The van der Waals surface area contributed by atoms with Crippen LogP contribution in [0.4, 0.5) is 0 Å². The van der Waals surface area contributed by atoms with Crippen molar-refractivity contribution in [1.82, 2.24) is 19.2 Å². The van der Waals surface area contributed by atoms with Crippen molar-refractivity contribution >= 4 is 12.0 Å². The topological polar surface area (TPSA) is 70.8 Å². The minimum absolute atomic E-state index is 0.0810. The lowest BCUT2D eigenvalue weighted by atomic mass is 10.1. The lowest BCUT2D eigenvalue weighted by Crippen LogP contribution is -2.29. The molecule has 0 spiro atoms. The molecule has 0 radical (unpaired) electrons. The van der Waals surface area contributed by atoms with Gasteiger partial charge in [0.1, 0.15) is 5.82 Å². The first-order valence-electron chi connectivity index (χ1n) is 10.8. The predicted octanol–water partition coefficient (Wildman–Crippen LogP) is 4.01. The van der Waals surface area contributed by atoms with Crippen molar-refractivity contribution in [2.45, 2.75) is 39.4 Å². The summed E-state index contributed by atoms with van der Waals surface area (Å²) in [6.07, 6.45) is 7.34. The number of fused-ring (bicyclic) bond motifs is 1. The number of carbonyl (C=O) groups is 1. The summed E-state index contributed by atoms with van der Waals surface area (Å²) in [5, 5.41) is 4.86. The Morgan fingerprint density at radius 3 is 2.18 bits per heavy atom. The molecule has 174 valence electrons. The summed E-state index contributed by atoms with van der Waals surface area (Å²) < 4.78 is 20.3. The first-order chi connectivity index (χ1) is 15.8. The third-order valence-electron chi connectivity index (χ3n) is 5.63. The molecule has 8 heteroatoms. The number of hydrogen-bond donors (Lipinski definition) is 0. The van der Waals surface area contributed by atoms with Crippen molar-refractivity contribution in [3.8, 4) is 23.1 Å². The van der Waals surface area contributed by atoms with E-state index in [-0.39, 0.29) is 11.4 Å². The van der Waals surface area contributed by atoms with Crippen molar-refractivity contribution in [3.05, 3.63) is 59.6 Å². The number of carbonyl (C=O) groups excluding carboxylic acids is 1. The van der Waals surface area contributed by atoms with Crippen LogP contribution >= 0.6 is 0 Å². The smallest absolute Gasteiger partial charge is 0.247 e. The van der Waals surface area contributed by atoms with Gasteiger partial charge in [0.2, 0.25) is 11.7 Å². The molecule has 2 aromatic heterocycles. The van der Waals surface area contributed by atoms with E-state index in [1.54, 1.807) is 38.4 Å². The molecule has 1 amide bonds. The summed E-state index contributed by atoms with van der Waals surface area (Å²) >= 11 is 0. The Morgan fingerprint density at radius 1 is 1.00 bits per heavy atom. The van der Waals surface area contributed by atoms with E-state index in [1.807, 2.05) is 41.3 Å². The number of rotatable bonds is 6. The molecule has 1 aliphatic heterocycles. The van der Waals surface area contributed by atoms with Gasteiger partial charge in [0.05, 0.1) is 45.7 Å². The molecule has 0 atom stereocenters. The minimum atomic E-state index is -0.175. The molecular weight excluding hydrogens is 420 g/mol. The van der Waals surface area contributed by atoms with E-state index in [9.17, 15) is 4.79 Å². The van der Waals surface area contributed by atoms with Crippen molar-refractivity contribution in [1.29, 1.82) is 0 Å². The van der Waals surface area contributed by atoms with E-state index < -0.39 is 0 Å². The Balaban J connectivity index is 1.58. The maximum absolute atomic E-state index is 13.0. The number of aromatic nitrogens is 3. The van der Waals surface area contributed by atoms with Crippen LogP contribution in [0.3, 0.4) is 0 Å². The molecule has 3 aromatic rings. The molecule has 0 N–H and O–H groups in total. The highest BCUT2D eigenvalue weighted by molar-refractivity contribution is 5.92. The van der Waals surface area contributed by atoms with E-state index in [1.165, 1.54) is 0 Å². The highest BCUT2D eigenvalue weighted by Crippen LogP contribution is 2.38. The van der Waals surface area contributed by atoms with Crippen molar-refractivity contribution in [2.24, 2.45) is 0 Å². The third kappa shape index (κ3) is 4.20. The summed E-state index contributed by atoms with van der Waals surface area (Å²) in [5.41, 5.74) is 2.62. The van der Waals surface area contributed by atoms with Crippen LogP contribution in [0.2, 0.25) is 0 Å². The second-order valence-corrected chi connectivity index (χ2v) is 8.91. The molecule has 4 rings (SSSR count). The van der Waals surface area contributed by atoms with Crippen molar-refractivity contribution in [2.75, 3.05) is 21.3 Å². The van der Waals surface area contributed by atoms with Crippen LogP contribution in [0.25, 0.3) is 11.9 Å². The standard InChI is InChI=1S/C25H30N4O4/c1-25(2,3)29-24(27-11-7-8-12-27)18-15-28(16-19(18)26-29)22(30)10-9-17-13-20(31-4)23(33-6)21(14-17)32-5/h7-14H,15-16H2,1-6H3/b10-9+. The van der Waals surface area contributed by atoms with E-state index in [4.69, 9.17) is 19.3 Å². The number of nitrogens with zero attached hydrogens (tertiary/aromatic N) is 4. The van der Waals surface area contributed by atoms with Gasteiger partial charge in [-0.05, 0) is 56.7 Å². The molecule has 1 aromatic carbocycles. The molecule has 0 aliphatic carbocycles.